The Balaban J connectivity index is 0.000000177. The van der Waals surface area contributed by atoms with Gasteiger partial charge in [-0.3, -0.25) is 9.98 Å². The molecule has 1 aliphatic heterocycles. The van der Waals surface area contributed by atoms with Gasteiger partial charge in [-0.05, 0) is 40.3 Å². The number of rotatable bonds is 5. The summed E-state index contributed by atoms with van der Waals surface area (Å²) in [6.45, 7) is 7.45. The lowest BCUT2D eigenvalue weighted by atomic mass is 10.0. The van der Waals surface area contributed by atoms with Gasteiger partial charge in [0.05, 0.1) is 11.4 Å². The van der Waals surface area contributed by atoms with Gasteiger partial charge in [-0.25, -0.2) is 4.98 Å². The third kappa shape index (κ3) is 4.96. The highest BCUT2D eigenvalue weighted by Gasteiger charge is 2.05. The highest BCUT2D eigenvalue weighted by molar-refractivity contribution is 5.90. The quantitative estimate of drug-likeness (QED) is 0.650. The summed E-state index contributed by atoms with van der Waals surface area (Å²) in [5, 5.41) is 8.36. The van der Waals surface area contributed by atoms with Crippen molar-refractivity contribution in [1.82, 2.24) is 15.3 Å². The number of hydrogen-bond donors (Lipinski definition) is 2. The van der Waals surface area contributed by atoms with E-state index >= 15 is 0 Å². The lowest BCUT2D eigenvalue weighted by molar-refractivity contribution is 1.10. The molecule has 0 amide bonds. The maximum Gasteiger partial charge on any atom is 0.126 e. The second-order valence-electron chi connectivity index (χ2n) is 6.48. The number of allylic oxidation sites excluding steroid dienone is 1. The average Bonchev–Trinajstić information content (AvgIpc) is 3.33. The van der Waals surface area contributed by atoms with E-state index in [2.05, 4.69) is 63.0 Å². The zero-order chi connectivity index (χ0) is 20.6. The molecule has 146 valence electrons. The molecule has 0 bridgehead atoms. The number of hydrogen-bond acceptors (Lipinski definition) is 5. The lowest BCUT2D eigenvalue weighted by Gasteiger charge is -2.05. The van der Waals surface area contributed by atoms with Crippen molar-refractivity contribution in [3.63, 3.8) is 0 Å². The van der Waals surface area contributed by atoms with Gasteiger partial charge in [-0.15, -0.1) is 0 Å². The van der Waals surface area contributed by atoms with Crippen molar-refractivity contribution in [3.05, 3.63) is 85.0 Å². The minimum atomic E-state index is 0.825. The zero-order valence-electron chi connectivity index (χ0n) is 16.8. The van der Waals surface area contributed by atoms with E-state index in [0.717, 1.165) is 34.6 Å². The molecule has 4 rings (SSSR count). The van der Waals surface area contributed by atoms with E-state index in [1.165, 1.54) is 16.5 Å². The fourth-order valence-electron chi connectivity index (χ4n) is 2.85. The second-order valence-corrected chi connectivity index (χ2v) is 6.48. The standard InChI is InChI=1S/C14H13N3.C10H12N2/c1-15-14-7-13-6-10(12-4-5-16-8-12)2-3-11(13)9-17-14;1-4-9-5-6-10(12-7-9)8(2)11-3/h2-3,5-9H,4H2,1H3,(H,15,17);4-7,11H,1-2H2,3H3. The van der Waals surface area contributed by atoms with Gasteiger partial charge in [0.15, 0.2) is 0 Å². The van der Waals surface area contributed by atoms with E-state index < -0.39 is 0 Å². The molecule has 0 fully saturated rings. The Kier molecular flexibility index (Phi) is 6.53. The molecule has 0 unspecified atom stereocenters. The van der Waals surface area contributed by atoms with Gasteiger partial charge in [0.25, 0.3) is 0 Å². The first kappa shape index (κ1) is 20.0. The SMILES string of the molecule is C=Cc1ccc(C(=C)NC)nc1.CNc1cc2cc(C3=CN=CC3)ccc2cn1. The zero-order valence-corrected chi connectivity index (χ0v) is 16.8. The van der Waals surface area contributed by atoms with Crippen LogP contribution in [0.2, 0.25) is 0 Å². The summed E-state index contributed by atoms with van der Waals surface area (Å²) in [5.41, 5.74) is 5.22. The largest absolute Gasteiger partial charge is 0.387 e. The number of nitrogens with zero attached hydrogens (tertiary/aromatic N) is 3. The summed E-state index contributed by atoms with van der Waals surface area (Å²) in [6, 6.07) is 12.4. The smallest absolute Gasteiger partial charge is 0.126 e. The monoisotopic (exact) mass is 383 g/mol. The fraction of sp³-hybridized carbons (Fsp3) is 0.125. The Morgan fingerprint density at radius 1 is 1.03 bits per heavy atom. The lowest BCUT2D eigenvalue weighted by Crippen LogP contribution is -2.04. The molecule has 2 aromatic heterocycles. The van der Waals surface area contributed by atoms with Gasteiger partial charge >= 0.3 is 0 Å². The first-order chi connectivity index (χ1) is 14.1. The number of fused-ring (bicyclic) bond motifs is 1. The third-order valence-electron chi connectivity index (χ3n) is 4.63. The number of benzene rings is 1. The van der Waals surface area contributed by atoms with Gasteiger partial charge in [0, 0.05) is 50.7 Å². The van der Waals surface area contributed by atoms with Gasteiger partial charge in [0.1, 0.15) is 5.82 Å². The van der Waals surface area contributed by atoms with E-state index in [-0.39, 0.29) is 0 Å². The van der Waals surface area contributed by atoms with Crippen molar-refractivity contribution in [2.24, 2.45) is 4.99 Å². The minimum absolute atomic E-state index is 0.825. The molecule has 5 heteroatoms. The Labute approximate surface area is 171 Å². The Morgan fingerprint density at radius 2 is 1.90 bits per heavy atom. The summed E-state index contributed by atoms with van der Waals surface area (Å²) in [7, 11) is 3.71. The van der Waals surface area contributed by atoms with Crippen LogP contribution in [0.1, 0.15) is 23.2 Å². The minimum Gasteiger partial charge on any atom is -0.387 e. The highest BCUT2D eigenvalue weighted by atomic mass is 14.9. The number of pyridine rings is 2. The number of aliphatic imine (C=N–C) groups is 1. The normalized spacial score (nSPS) is 12.0. The second kappa shape index (κ2) is 9.46. The Hall–Kier alpha value is -3.73. The van der Waals surface area contributed by atoms with Crippen molar-refractivity contribution in [2.75, 3.05) is 19.4 Å². The molecule has 0 atom stereocenters. The van der Waals surface area contributed by atoms with E-state index in [4.69, 9.17) is 0 Å². The van der Waals surface area contributed by atoms with Crippen LogP contribution in [0.3, 0.4) is 0 Å². The summed E-state index contributed by atoms with van der Waals surface area (Å²) < 4.78 is 0. The maximum absolute atomic E-state index is 4.30. The van der Waals surface area contributed by atoms with Crippen LogP contribution in [0.15, 0.2) is 73.1 Å². The van der Waals surface area contributed by atoms with Gasteiger partial charge in [-0.1, -0.05) is 37.4 Å². The van der Waals surface area contributed by atoms with Crippen LogP contribution in [-0.2, 0) is 0 Å². The summed E-state index contributed by atoms with van der Waals surface area (Å²) in [4.78, 5) is 12.6. The molecule has 0 radical (unpaired) electrons. The molecular formula is C24H25N5. The van der Waals surface area contributed by atoms with Crippen LogP contribution < -0.4 is 10.6 Å². The van der Waals surface area contributed by atoms with Crippen LogP contribution in [-0.4, -0.2) is 30.3 Å². The van der Waals surface area contributed by atoms with Gasteiger partial charge in [0.2, 0.25) is 0 Å². The molecule has 0 aliphatic carbocycles. The fourth-order valence-corrected chi connectivity index (χ4v) is 2.85. The molecule has 2 N–H and O–H groups in total. The predicted octanol–water partition coefficient (Wildman–Crippen LogP) is 5.01. The molecule has 5 nitrogen and oxygen atoms in total. The van der Waals surface area contributed by atoms with Crippen LogP contribution in [0.25, 0.3) is 28.1 Å². The number of anilines is 1. The molecule has 29 heavy (non-hydrogen) atoms. The van der Waals surface area contributed by atoms with Crippen LogP contribution in [0.5, 0.6) is 0 Å². The van der Waals surface area contributed by atoms with Crippen molar-refractivity contribution in [3.8, 4) is 0 Å². The number of aromatic nitrogens is 2. The molecular weight excluding hydrogens is 358 g/mol. The first-order valence-corrected chi connectivity index (χ1v) is 9.38. The molecule has 3 heterocycles. The molecule has 0 saturated heterocycles. The Bertz CT molecular complexity index is 1080. The predicted molar refractivity (Wildman–Crippen MR) is 125 cm³/mol. The average molecular weight is 383 g/mol. The van der Waals surface area contributed by atoms with Crippen molar-refractivity contribution in [1.29, 1.82) is 0 Å². The molecule has 1 aliphatic rings. The molecule has 0 spiro atoms. The molecule has 1 aromatic carbocycles. The van der Waals surface area contributed by atoms with Crippen LogP contribution in [0, 0.1) is 0 Å². The summed E-state index contributed by atoms with van der Waals surface area (Å²) >= 11 is 0. The van der Waals surface area contributed by atoms with E-state index in [0.29, 0.717) is 0 Å². The number of nitrogens with one attached hydrogen (secondary N) is 2. The van der Waals surface area contributed by atoms with Gasteiger partial charge in [-0.2, -0.15) is 0 Å². The van der Waals surface area contributed by atoms with Gasteiger partial charge < -0.3 is 10.6 Å². The molecule has 0 saturated carbocycles. The topological polar surface area (TPSA) is 62.2 Å². The van der Waals surface area contributed by atoms with Crippen molar-refractivity contribution in [2.45, 2.75) is 6.42 Å². The first-order valence-electron chi connectivity index (χ1n) is 9.38. The Morgan fingerprint density at radius 3 is 2.52 bits per heavy atom. The highest BCUT2D eigenvalue weighted by Crippen LogP contribution is 2.25. The van der Waals surface area contributed by atoms with Crippen LogP contribution >= 0.6 is 0 Å². The van der Waals surface area contributed by atoms with Crippen molar-refractivity contribution >= 4 is 40.2 Å². The molecule has 3 aromatic rings. The van der Waals surface area contributed by atoms with E-state index in [9.17, 15) is 0 Å². The van der Waals surface area contributed by atoms with E-state index in [1.54, 1.807) is 12.3 Å². The third-order valence-corrected chi connectivity index (χ3v) is 4.63. The van der Waals surface area contributed by atoms with E-state index in [1.807, 2.05) is 44.8 Å². The van der Waals surface area contributed by atoms with Crippen LogP contribution in [0.4, 0.5) is 5.82 Å². The summed E-state index contributed by atoms with van der Waals surface area (Å²) in [5.74, 6) is 0.895. The van der Waals surface area contributed by atoms with Crippen molar-refractivity contribution < 1.29 is 0 Å². The summed E-state index contributed by atoms with van der Waals surface area (Å²) in [6.07, 6.45) is 10.2. The maximum atomic E-state index is 4.30.